The van der Waals surface area contributed by atoms with Crippen molar-refractivity contribution in [3.63, 3.8) is 0 Å². The molecule has 2 aromatic heterocycles. The van der Waals surface area contributed by atoms with Crippen LogP contribution >= 0.6 is 0 Å². The Morgan fingerprint density at radius 3 is 2.71 bits per heavy atom. The van der Waals surface area contributed by atoms with Crippen molar-refractivity contribution in [3.8, 4) is 5.82 Å². The van der Waals surface area contributed by atoms with Crippen LogP contribution in [0.15, 0.2) is 30.3 Å². The van der Waals surface area contributed by atoms with E-state index < -0.39 is 0 Å². The van der Waals surface area contributed by atoms with Crippen LogP contribution in [0.5, 0.6) is 0 Å². The van der Waals surface area contributed by atoms with Gasteiger partial charge in [0, 0.05) is 24.1 Å². The number of fused-ring (bicyclic) bond motifs is 1. The van der Waals surface area contributed by atoms with E-state index >= 15 is 0 Å². The highest BCUT2D eigenvalue weighted by atomic mass is 16.5. The summed E-state index contributed by atoms with van der Waals surface area (Å²) in [7, 11) is 1.87. The van der Waals surface area contributed by atoms with Crippen LogP contribution in [-0.4, -0.2) is 32.1 Å². The van der Waals surface area contributed by atoms with Crippen LogP contribution in [-0.2, 0) is 16.6 Å². The summed E-state index contributed by atoms with van der Waals surface area (Å²) in [5.41, 5.74) is 3.62. The molecule has 2 heterocycles. The maximum atomic E-state index is 11.6. The average Bonchev–Trinajstić information content (AvgIpc) is 3.02. The number of nitrogens with zero attached hydrogens (tertiary/aromatic N) is 4. The van der Waals surface area contributed by atoms with Gasteiger partial charge in [-0.1, -0.05) is 18.2 Å². The topological polar surface area (TPSA) is 61.9 Å². The molecule has 0 radical (unpaired) electrons. The second kappa shape index (κ2) is 6.31. The molecule has 6 heteroatoms. The Morgan fingerprint density at radius 1 is 1.21 bits per heavy atom. The first-order chi connectivity index (χ1) is 11.5. The summed E-state index contributed by atoms with van der Waals surface area (Å²) in [5.74, 6) is 0.450. The molecular weight excluding hydrogens is 304 g/mol. The fourth-order valence-corrected chi connectivity index (χ4v) is 2.83. The Labute approximate surface area is 140 Å². The third kappa shape index (κ3) is 2.71. The maximum Gasteiger partial charge on any atom is 0.330 e. The first-order valence-corrected chi connectivity index (χ1v) is 7.86. The largest absolute Gasteiger partial charge is 0.463 e. The minimum atomic E-state index is -0.367. The van der Waals surface area contributed by atoms with Gasteiger partial charge >= 0.3 is 5.97 Å². The average molecular weight is 324 g/mol. The highest BCUT2D eigenvalue weighted by Gasteiger charge is 2.17. The van der Waals surface area contributed by atoms with Crippen molar-refractivity contribution in [2.75, 3.05) is 6.61 Å². The Hall–Kier alpha value is -2.89. The molecule has 3 rings (SSSR count). The van der Waals surface area contributed by atoms with E-state index in [0.717, 1.165) is 33.7 Å². The summed E-state index contributed by atoms with van der Waals surface area (Å²) >= 11 is 0. The zero-order valence-corrected chi connectivity index (χ0v) is 14.3. The van der Waals surface area contributed by atoms with E-state index in [2.05, 4.69) is 10.2 Å². The third-order valence-corrected chi connectivity index (χ3v) is 3.88. The Bertz CT molecular complexity index is 934. The van der Waals surface area contributed by atoms with Gasteiger partial charge in [0.15, 0.2) is 5.82 Å². The molecule has 0 spiro atoms. The molecule has 0 saturated carbocycles. The third-order valence-electron chi connectivity index (χ3n) is 3.88. The number of hydrogen-bond acceptors (Lipinski definition) is 4. The Balaban J connectivity index is 2.16. The van der Waals surface area contributed by atoms with Gasteiger partial charge < -0.3 is 4.74 Å². The van der Waals surface area contributed by atoms with Gasteiger partial charge in [-0.25, -0.2) is 9.48 Å². The lowest BCUT2D eigenvalue weighted by atomic mass is 10.2. The SMILES string of the molecule is CCOC(=O)/C=C/c1c(C)nn(C)c1-n1nc(C)c2ccccc21. The molecule has 0 fully saturated rings. The van der Waals surface area contributed by atoms with Crippen LogP contribution in [0.3, 0.4) is 0 Å². The molecule has 0 amide bonds. The van der Waals surface area contributed by atoms with Gasteiger partial charge in [-0.2, -0.15) is 10.2 Å². The van der Waals surface area contributed by atoms with Crippen molar-refractivity contribution in [1.82, 2.24) is 19.6 Å². The summed E-state index contributed by atoms with van der Waals surface area (Å²) in [6.07, 6.45) is 3.16. The second-order valence-electron chi connectivity index (χ2n) is 5.55. The van der Waals surface area contributed by atoms with Crippen molar-refractivity contribution >= 4 is 22.9 Å². The summed E-state index contributed by atoms with van der Waals surface area (Å²) in [5, 5.41) is 10.2. The summed E-state index contributed by atoms with van der Waals surface area (Å²) in [4.78, 5) is 11.6. The van der Waals surface area contributed by atoms with E-state index in [4.69, 9.17) is 4.74 Å². The lowest BCUT2D eigenvalue weighted by Crippen LogP contribution is -2.06. The minimum Gasteiger partial charge on any atom is -0.463 e. The fraction of sp³-hybridized carbons (Fsp3) is 0.278. The zero-order valence-electron chi connectivity index (χ0n) is 14.3. The van der Waals surface area contributed by atoms with E-state index in [-0.39, 0.29) is 5.97 Å². The standard InChI is InChI=1S/C18H20N4O2/c1-5-24-17(23)11-10-15-13(3)19-21(4)18(15)22-16-9-7-6-8-14(16)12(2)20-22/h6-11H,5H2,1-4H3/b11-10+. The number of para-hydroxylation sites is 1. The van der Waals surface area contributed by atoms with Gasteiger partial charge in [-0.15, -0.1) is 0 Å². The lowest BCUT2D eigenvalue weighted by Gasteiger charge is -2.06. The van der Waals surface area contributed by atoms with E-state index in [1.54, 1.807) is 17.7 Å². The molecule has 1 aromatic carbocycles. The van der Waals surface area contributed by atoms with Crippen molar-refractivity contribution in [3.05, 3.63) is 47.3 Å². The van der Waals surface area contributed by atoms with Crippen molar-refractivity contribution in [2.24, 2.45) is 7.05 Å². The van der Waals surface area contributed by atoms with E-state index in [1.807, 2.05) is 49.8 Å². The number of aryl methyl sites for hydroxylation is 3. The summed E-state index contributed by atoms with van der Waals surface area (Å²) in [6, 6.07) is 8.05. The number of hydrogen-bond donors (Lipinski definition) is 0. The molecule has 0 aliphatic carbocycles. The Morgan fingerprint density at radius 2 is 1.96 bits per heavy atom. The van der Waals surface area contributed by atoms with Crippen molar-refractivity contribution < 1.29 is 9.53 Å². The smallest absolute Gasteiger partial charge is 0.330 e. The number of aromatic nitrogens is 4. The predicted octanol–water partition coefficient (Wildman–Crippen LogP) is 2.95. The van der Waals surface area contributed by atoms with Crippen LogP contribution in [0.4, 0.5) is 0 Å². The van der Waals surface area contributed by atoms with Crippen LogP contribution in [0.2, 0.25) is 0 Å². The number of carbonyl (C=O) groups excluding carboxylic acids is 1. The van der Waals surface area contributed by atoms with Gasteiger partial charge in [0.1, 0.15) is 0 Å². The molecule has 24 heavy (non-hydrogen) atoms. The molecule has 0 unspecified atom stereocenters. The van der Waals surface area contributed by atoms with Gasteiger partial charge in [0.05, 0.1) is 23.5 Å². The van der Waals surface area contributed by atoms with E-state index in [0.29, 0.717) is 6.61 Å². The second-order valence-corrected chi connectivity index (χ2v) is 5.55. The quantitative estimate of drug-likeness (QED) is 0.547. The maximum absolute atomic E-state index is 11.6. The van der Waals surface area contributed by atoms with E-state index in [9.17, 15) is 4.79 Å². The zero-order chi connectivity index (χ0) is 17.3. The van der Waals surface area contributed by atoms with Gasteiger partial charge in [0.2, 0.25) is 0 Å². The van der Waals surface area contributed by atoms with Crippen LogP contribution < -0.4 is 0 Å². The van der Waals surface area contributed by atoms with Crippen molar-refractivity contribution in [2.45, 2.75) is 20.8 Å². The molecular formula is C18H20N4O2. The van der Waals surface area contributed by atoms with Gasteiger partial charge in [-0.3, -0.25) is 4.68 Å². The number of carbonyl (C=O) groups is 1. The van der Waals surface area contributed by atoms with Crippen molar-refractivity contribution in [1.29, 1.82) is 0 Å². The monoisotopic (exact) mass is 324 g/mol. The summed E-state index contributed by atoms with van der Waals surface area (Å²) in [6.45, 7) is 6.03. The van der Waals surface area contributed by atoms with Crippen LogP contribution in [0.1, 0.15) is 23.9 Å². The highest BCUT2D eigenvalue weighted by Crippen LogP contribution is 2.25. The number of ether oxygens (including phenoxy) is 1. The Kier molecular flexibility index (Phi) is 4.20. The van der Waals surface area contributed by atoms with Gasteiger partial charge in [-0.05, 0) is 32.9 Å². The molecule has 6 nitrogen and oxygen atoms in total. The summed E-state index contributed by atoms with van der Waals surface area (Å²) < 4.78 is 8.60. The fourth-order valence-electron chi connectivity index (χ4n) is 2.83. The molecule has 124 valence electrons. The van der Waals surface area contributed by atoms with E-state index in [1.165, 1.54) is 6.08 Å². The number of rotatable bonds is 4. The lowest BCUT2D eigenvalue weighted by molar-refractivity contribution is -0.137. The van der Waals surface area contributed by atoms with Crippen LogP contribution in [0, 0.1) is 13.8 Å². The first kappa shape index (κ1) is 16.0. The number of esters is 1. The number of benzene rings is 1. The normalized spacial score (nSPS) is 11.5. The van der Waals surface area contributed by atoms with Crippen LogP contribution in [0.25, 0.3) is 22.8 Å². The molecule has 3 aromatic rings. The highest BCUT2D eigenvalue weighted by molar-refractivity contribution is 5.88. The first-order valence-electron chi connectivity index (χ1n) is 7.86. The molecule has 0 atom stereocenters. The molecule has 0 aliphatic rings. The predicted molar refractivity (Wildman–Crippen MR) is 93.0 cm³/mol. The van der Waals surface area contributed by atoms with Gasteiger partial charge in [0.25, 0.3) is 0 Å². The minimum absolute atomic E-state index is 0.352. The molecule has 0 aliphatic heterocycles. The molecule has 0 N–H and O–H groups in total. The molecule has 0 saturated heterocycles. The molecule has 0 bridgehead atoms.